The van der Waals surface area contributed by atoms with Crippen molar-refractivity contribution < 1.29 is 161 Å². The van der Waals surface area contributed by atoms with Gasteiger partial charge >= 0.3 is 138 Å². The summed E-state index contributed by atoms with van der Waals surface area (Å²) in [4.78, 5) is 20.9. The maximum Gasteiger partial charge on any atom is 1.00 e. The molecule has 0 fully saturated rings. The largest absolute Gasteiger partial charge is 1.00 e. The van der Waals surface area contributed by atoms with Crippen LogP contribution >= 0.6 is 7.60 Å². The Kier molecular flexibility index (Phi) is 11.7. The summed E-state index contributed by atoms with van der Waals surface area (Å²) in [6.45, 7) is 0. The van der Waals surface area contributed by atoms with Crippen LogP contribution in [-0.2, 0) is 4.57 Å². The molecule has 0 saturated heterocycles. The molecule has 0 amide bonds. The van der Waals surface area contributed by atoms with E-state index in [9.17, 15) is 23.1 Å². The Morgan fingerprint density at radius 1 is 1.25 bits per heavy atom. The molecular weight excluding hydrogens is 481 g/mol. The van der Waals surface area contributed by atoms with E-state index in [1.165, 1.54) is 0 Å². The van der Waals surface area contributed by atoms with E-state index in [0.29, 0.717) is 12.1 Å². The van der Waals surface area contributed by atoms with Gasteiger partial charge in [-0.15, -0.1) is 0 Å². The predicted molar refractivity (Wildman–Crippen MR) is 38.3 cm³/mol. The van der Waals surface area contributed by atoms with E-state index in [-0.39, 0.29) is 138 Å². The van der Waals surface area contributed by atoms with E-state index in [0.717, 1.165) is 6.07 Å². The zero-order valence-electron chi connectivity index (χ0n) is 8.53. The normalized spacial score (nSPS) is 9.69. The second kappa shape index (κ2) is 8.89. The average Bonchev–Trinajstić information content (AvgIpc) is 2.02. The van der Waals surface area contributed by atoms with E-state index in [2.05, 4.69) is 0 Å². The Balaban J connectivity index is 0. The fraction of sp³-hybridized carbons (Fsp3) is 0. The molecule has 16 heavy (non-hydrogen) atoms. The Bertz CT molecular complexity index is 471. The van der Waals surface area contributed by atoms with Gasteiger partial charge in [0.2, 0.25) is 0 Å². The van der Waals surface area contributed by atoms with Crippen LogP contribution in [0.2, 0.25) is 0 Å². The van der Waals surface area contributed by atoms with E-state index in [4.69, 9.17) is 5.26 Å². The number of hydrogen-bond donors (Lipinski definition) is 0. The molecule has 0 aromatic heterocycles. The van der Waals surface area contributed by atoms with Gasteiger partial charge in [0.1, 0.15) is 17.4 Å². The van der Waals surface area contributed by atoms with Crippen molar-refractivity contribution in [2.75, 3.05) is 0 Å². The van der Waals surface area contributed by atoms with Crippen LogP contribution in [0.25, 0.3) is 0 Å². The first-order valence-electron chi connectivity index (χ1n) is 3.28. The van der Waals surface area contributed by atoms with Crippen LogP contribution in [0.15, 0.2) is 12.1 Å². The molecule has 0 unspecified atom stereocenters. The molecule has 0 aliphatic heterocycles. The molecule has 1 aromatic carbocycles. The molecule has 0 aliphatic rings. The molecule has 74 valence electrons. The Morgan fingerprint density at radius 2 is 1.75 bits per heavy atom. The third-order valence-corrected chi connectivity index (χ3v) is 2.41. The van der Waals surface area contributed by atoms with Crippen LogP contribution in [0.5, 0.6) is 0 Å². The summed E-state index contributed by atoms with van der Waals surface area (Å²) in [6, 6.07) is 2.17. The molecule has 0 spiro atoms. The van der Waals surface area contributed by atoms with Crippen molar-refractivity contribution in [1.29, 1.82) is 5.26 Å². The molecule has 0 bridgehead atoms. The molecule has 0 aliphatic carbocycles. The molecule has 0 N–H and O–H groups in total. The first-order valence-corrected chi connectivity index (χ1v) is 4.83. The fourth-order valence-corrected chi connectivity index (χ4v) is 1.46. The molecule has 1 aromatic rings. The van der Waals surface area contributed by atoms with Crippen molar-refractivity contribution in [3.63, 3.8) is 0 Å². The first-order chi connectivity index (χ1) is 6.38. The Hall–Kier alpha value is 2.82. The second-order valence-electron chi connectivity index (χ2n) is 2.36. The average molecular weight is 483 g/mol. The minimum Gasteiger partial charge on any atom is -0.807 e. The fourth-order valence-electron chi connectivity index (χ4n) is 0.855. The quantitative estimate of drug-likeness (QED) is 0.373. The molecule has 1 rings (SSSR count). The molecule has 0 heterocycles. The molecule has 0 radical (unpaired) electrons. The van der Waals surface area contributed by atoms with Crippen LogP contribution in [-0.4, -0.2) is 0 Å². The summed E-state index contributed by atoms with van der Waals surface area (Å²) < 4.78 is 36.1. The van der Waals surface area contributed by atoms with Crippen LogP contribution in [0, 0.1) is 23.0 Å². The van der Waals surface area contributed by atoms with E-state index >= 15 is 0 Å². The summed E-state index contributed by atoms with van der Waals surface area (Å²) in [5.41, 5.74) is -1.07. The third kappa shape index (κ3) is 5.44. The van der Waals surface area contributed by atoms with E-state index < -0.39 is 30.1 Å². The van der Waals surface area contributed by atoms with Gasteiger partial charge in [0.15, 0.2) is 5.82 Å². The Morgan fingerprint density at radius 3 is 2.12 bits per heavy atom. The minimum absolute atomic E-state index is 0. The summed E-state index contributed by atoms with van der Waals surface area (Å²) in [5, 5.41) is 7.07. The maximum atomic E-state index is 13.0. The topological polar surface area (TPSA) is 87.0 Å². The SMILES string of the molecule is N#Cc1c(F)ccc(P(=O)([O-])[O-])c1F.[Cs+].[Cs+]. The maximum absolute atomic E-state index is 13.0. The van der Waals surface area contributed by atoms with Crippen molar-refractivity contribution in [2.24, 2.45) is 0 Å². The monoisotopic (exact) mass is 483 g/mol. The van der Waals surface area contributed by atoms with Crippen molar-refractivity contribution in [3.05, 3.63) is 29.3 Å². The zero-order valence-corrected chi connectivity index (χ0v) is 22.0. The van der Waals surface area contributed by atoms with Gasteiger partial charge in [-0.1, -0.05) is 0 Å². The summed E-state index contributed by atoms with van der Waals surface area (Å²) in [5.74, 6) is -2.84. The van der Waals surface area contributed by atoms with Crippen LogP contribution in [0.4, 0.5) is 8.78 Å². The van der Waals surface area contributed by atoms with E-state index in [1.807, 2.05) is 0 Å². The number of hydrogen-bond acceptors (Lipinski definition) is 4. The van der Waals surface area contributed by atoms with Crippen molar-refractivity contribution >= 4 is 12.9 Å². The zero-order chi connectivity index (χ0) is 10.9. The van der Waals surface area contributed by atoms with Gasteiger partial charge in [-0.3, -0.25) is 0 Å². The van der Waals surface area contributed by atoms with Gasteiger partial charge in [0.25, 0.3) is 0 Å². The second-order valence-corrected chi connectivity index (χ2v) is 3.84. The summed E-state index contributed by atoms with van der Waals surface area (Å²) in [7, 11) is -5.31. The minimum atomic E-state index is -5.31. The third-order valence-electron chi connectivity index (χ3n) is 1.48. The Labute approximate surface area is 208 Å². The number of rotatable bonds is 1. The standard InChI is InChI=1S/C7H4F2NO3P.2Cs/c8-5-1-2-6(14(11,12)13)7(9)4(5)3-10;;/h1-2H,(H2,11,12,13);;/q;2*+1/p-2. The smallest absolute Gasteiger partial charge is 0.807 e. The van der Waals surface area contributed by atoms with Crippen molar-refractivity contribution in [1.82, 2.24) is 0 Å². The summed E-state index contributed by atoms with van der Waals surface area (Å²) in [6.07, 6.45) is 0. The van der Waals surface area contributed by atoms with Crippen molar-refractivity contribution in [2.45, 2.75) is 0 Å². The van der Waals surface area contributed by atoms with Gasteiger partial charge in [0, 0.05) is 5.30 Å². The van der Waals surface area contributed by atoms with E-state index in [1.54, 1.807) is 0 Å². The van der Waals surface area contributed by atoms with Gasteiger partial charge < -0.3 is 14.4 Å². The van der Waals surface area contributed by atoms with Gasteiger partial charge in [-0.25, -0.2) is 8.78 Å². The number of nitriles is 1. The molecule has 0 atom stereocenters. The van der Waals surface area contributed by atoms with Crippen molar-refractivity contribution in [3.8, 4) is 6.07 Å². The summed E-state index contributed by atoms with van der Waals surface area (Å²) >= 11 is 0. The molecule has 0 saturated carbocycles. The molecule has 4 nitrogen and oxygen atoms in total. The van der Waals surface area contributed by atoms with Crippen LogP contribution < -0.4 is 153 Å². The number of halogens is 2. The van der Waals surface area contributed by atoms with Gasteiger partial charge in [-0.2, -0.15) is 5.26 Å². The molecular formula is C7H2Cs2F2NO3P. The van der Waals surface area contributed by atoms with Gasteiger partial charge in [0.05, 0.1) is 0 Å². The number of nitrogens with zero attached hydrogens (tertiary/aromatic N) is 1. The first kappa shape index (κ1) is 21.1. The van der Waals surface area contributed by atoms with Crippen LogP contribution in [0.1, 0.15) is 5.56 Å². The van der Waals surface area contributed by atoms with Crippen LogP contribution in [0.3, 0.4) is 0 Å². The molecule has 9 heteroatoms. The predicted octanol–water partition coefficient (Wildman–Crippen LogP) is -6.62. The number of benzene rings is 1. The van der Waals surface area contributed by atoms with Gasteiger partial charge in [-0.05, 0) is 19.7 Å².